The molecule has 2 aliphatic rings. The molecule has 24 heavy (non-hydrogen) atoms. The Hall–Kier alpha value is -2.37. The van der Waals surface area contributed by atoms with E-state index in [9.17, 15) is 4.79 Å². The molecule has 2 aromatic rings. The molecule has 1 aromatic heterocycles. The predicted molar refractivity (Wildman–Crippen MR) is 86.7 cm³/mol. The lowest BCUT2D eigenvalue weighted by Crippen LogP contribution is -2.45. The van der Waals surface area contributed by atoms with E-state index in [1.165, 1.54) is 0 Å². The van der Waals surface area contributed by atoms with E-state index in [1.807, 2.05) is 29.2 Å². The fourth-order valence-electron chi connectivity index (χ4n) is 3.61. The number of rotatable bonds is 2. The Labute approximate surface area is 140 Å². The van der Waals surface area contributed by atoms with E-state index in [2.05, 4.69) is 10.1 Å². The lowest BCUT2D eigenvalue weighted by molar-refractivity contribution is -0.138. The molecule has 1 fully saturated rings. The van der Waals surface area contributed by atoms with Gasteiger partial charge >= 0.3 is 0 Å². The third-order valence-corrected chi connectivity index (χ3v) is 4.87. The minimum absolute atomic E-state index is 0.106. The molecule has 0 spiro atoms. The maximum absolute atomic E-state index is 12.9. The van der Waals surface area contributed by atoms with E-state index in [4.69, 9.17) is 9.26 Å². The predicted octanol–water partition coefficient (Wildman–Crippen LogP) is 2.34. The summed E-state index contributed by atoms with van der Waals surface area (Å²) >= 11 is 0. The van der Waals surface area contributed by atoms with Crippen LogP contribution in [0.4, 0.5) is 0 Å². The van der Waals surface area contributed by atoms with E-state index in [0.29, 0.717) is 19.0 Å². The summed E-state index contributed by atoms with van der Waals surface area (Å²) in [6.45, 7) is 3.71. The normalized spacial score (nSPS) is 23.5. The average molecular weight is 327 g/mol. The molecule has 0 bridgehead atoms. The van der Waals surface area contributed by atoms with Gasteiger partial charge in [0.2, 0.25) is 11.8 Å². The zero-order valence-corrected chi connectivity index (χ0v) is 13.8. The van der Waals surface area contributed by atoms with Crippen LogP contribution in [0.1, 0.15) is 36.0 Å². The molecule has 0 radical (unpaired) electrons. The number of hydrogen-bond donors (Lipinski definition) is 0. The van der Waals surface area contributed by atoms with Crippen LogP contribution in [0, 0.1) is 12.8 Å². The number of benzene rings is 1. The van der Waals surface area contributed by atoms with Gasteiger partial charge in [0.05, 0.1) is 5.92 Å². The quantitative estimate of drug-likeness (QED) is 0.847. The van der Waals surface area contributed by atoms with Crippen LogP contribution in [0.15, 0.2) is 28.8 Å². The number of carbonyl (C=O) groups excluding carboxylic acids is 1. The van der Waals surface area contributed by atoms with Crippen molar-refractivity contribution in [3.05, 3.63) is 41.5 Å². The van der Waals surface area contributed by atoms with Crippen molar-refractivity contribution in [2.24, 2.45) is 5.92 Å². The molecule has 0 N–H and O–H groups in total. The van der Waals surface area contributed by atoms with E-state index < -0.39 is 0 Å². The number of fused-ring (bicyclic) bond motifs is 1. The number of hydrogen-bond acceptors (Lipinski definition) is 5. The molecule has 6 heteroatoms. The number of nitrogens with zero attached hydrogens (tertiary/aromatic N) is 3. The van der Waals surface area contributed by atoms with Gasteiger partial charge < -0.3 is 14.2 Å². The minimum atomic E-state index is -0.106. The lowest BCUT2D eigenvalue weighted by atomic mass is 9.92. The van der Waals surface area contributed by atoms with E-state index in [1.54, 1.807) is 6.92 Å². The van der Waals surface area contributed by atoms with E-state index in [0.717, 1.165) is 42.9 Å². The van der Waals surface area contributed by atoms with Crippen molar-refractivity contribution in [2.75, 3.05) is 19.7 Å². The number of likely N-dealkylation sites (tertiary alicyclic amines) is 1. The summed E-state index contributed by atoms with van der Waals surface area (Å²) in [7, 11) is 0. The summed E-state index contributed by atoms with van der Waals surface area (Å²) in [5, 5.41) is 4.03. The number of aromatic nitrogens is 2. The highest BCUT2D eigenvalue weighted by molar-refractivity contribution is 5.80. The highest BCUT2D eigenvalue weighted by Gasteiger charge is 2.33. The second-order valence-electron chi connectivity index (χ2n) is 6.61. The third-order valence-electron chi connectivity index (χ3n) is 4.87. The summed E-state index contributed by atoms with van der Waals surface area (Å²) in [5.41, 5.74) is 1.12. The van der Waals surface area contributed by atoms with E-state index >= 15 is 0 Å². The number of ether oxygens (including phenoxy) is 1. The Balaban J connectivity index is 1.45. The largest absolute Gasteiger partial charge is 0.492 e. The zero-order chi connectivity index (χ0) is 16.5. The van der Waals surface area contributed by atoms with Crippen molar-refractivity contribution in [1.29, 1.82) is 0 Å². The van der Waals surface area contributed by atoms with Crippen molar-refractivity contribution in [3.8, 4) is 5.75 Å². The summed E-state index contributed by atoms with van der Waals surface area (Å²) in [5.74, 6) is 2.43. The molecule has 6 nitrogen and oxygen atoms in total. The van der Waals surface area contributed by atoms with Crippen molar-refractivity contribution in [2.45, 2.75) is 32.1 Å². The molecule has 0 unspecified atom stereocenters. The first kappa shape index (κ1) is 15.2. The summed E-state index contributed by atoms with van der Waals surface area (Å²) < 4.78 is 10.9. The molecular weight excluding hydrogens is 306 g/mol. The number of carbonyl (C=O) groups is 1. The van der Waals surface area contributed by atoms with Gasteiger partial charge in [-0.2, -0.15) is 4.98 Å². The van der Waals surface area contributed by atoms with Crippen LogP contribution in [0.2, 0.25) is 0 Å². The third kappa shape index (κ3) is 2.88. The van der Waals surface area contributed by atoms with Gasteiger partial charge in [0.15, 0.2) is 5.82 Å². The van der Waals surface area contributed by atoms with Gasteiger partial charge in [-0.1, -0.05) is 23.4 Å². The standard InChI is InChI=1S/C18H21N3O3/c1-12-19-17(20-24-12)14-6-4-8-21(10-14)18(22)15-9-13-5-2-3-7-16(13)23-11-15/h2-3,5,7,14-15H,4,6,8-11H2,1H3/t14-,15-/m1/s1. The van der Waals surface area contributed by atoms with Gasteiger partial charge in [-0.25, -0.2) is 0 Å². The van der Waals surface area contributed by atoms with Crippen LogP contribution in [0.3, 0.4) is 0 Å². The summed E-state index contributed by atoms with van der Waals surface area (Å²) in [6.07, 6.45) is 2.71. The van der Waals surface area contributed by atoms with Crippen molar-refractivity contribution < 1.29 is 14.1 Å². The Kier molecular flexibility index (Phi) is 3.96. The van der Waals surface area contributed by atoms with Gasteiger partial charge in [0, 0.05) is 25.9 Å². The topological polar surface area (TPSA) is 68.5 Å². The number of para-hydroxylation sites is 1. The fraction of sp³-hybridized carbons (Fsp3) is 0.500. The minimum Gasteiger partial charge on any atom is -0.492 e. The van der Waals surface area contributed by atoms with Crippen molar-refractivity contribution >= 4 is 5.91 Å². The van der Waals surface area contributed by atoms with Crippen LogP contribution < -0.4 is 4.74 Å². The molecule has 4 rings (SSSR count). The maximum atomic E-state index is 12.9. The Morgan fingerprint density at radius 2 is 2.21 bits per heavy atom. The lowest BCUT2D eigenvalue weighted by Gasteiger charge is -2.35. The fourth-order valence-corrected chi connectivity index (χ4v) is 3.61. The van der Waals surface area contributed by atoms with Crippen molar-refractivity contribution in [3.63, 3.8) is 0 Å². The van der Waals surface area contributed by atoms with Gasteiger partial charge in [-0.3, -0.25) is 4.79 Å². The molecule has 2 aliphatic heterocycles. The van der Waals surface area contributed by atoms with Crippen LogP contribution in [0.25, 0.3) is 0 Å². The van der Waals surface area contributed by atoms with Crippen LogP contribution in [-0.4, -0.2) is 40.6 Å². The average Bonchev–Trinajstić information content (AvgIpc) is 3.07. The SMILES string of the molecule is Cc1nc([C@@H]2CCCN(C(=O)[C@H]3COc4ccccc4C3)C2)no1. The Bertz CT molecular complexity index is 743. The molecule has 0 saturated carbocycles. The first-order chi connectivity index (χ1) is 11.7. The van der Waals surface area contributed by atoms with Gasteiger partial charge in [0.1, 0.15) is 12.4 Å². The van der Waals surface area contributed by atoms with Crippen LogP contribution in [0.5, 0.6) is 5.75 Å². The monoisotopic (exact) mass is 327 g/mol. The number of amides is 1. The van der Waals surface area contributed by atoms with Crippen LogP contribution in [-0.2, 0) is 11.2 Å². The summed E-state index contributed by atoms with van der Waals surface area (Å²) in [4.78, 5) is 19.2. The van der Waals surface area contributed by atoms with Crippen LogP contribution >= 0.6 is 0 Å². The maximum Gasteiger partial charge on any atom is 0.229 e. The molecule has 1 aromatic carbocycles. The molecule has 1 amide bonds. The first-order valence-corrected chi connectivity index (χ1v) is 8.50. The first-order valence-electron chi connectivity index (χ1n) is 8.50. The molecular formula is C18H21N3O3. The summed E-state index contributed by atoms with van der Waals surface area (Å²) in [6, 6.07) is 7.95. The Morgan fingerprint density at radius 3 is 3.04 bits per heavy atom. The smallest absolute Gasteiger partial charge is 0.229 e. The van der Waals surface area contributed by atoms with Gasteiger partial charge in [0.25, 0.3) is 0 Å². The van der Waals surface area contributed by atoms with E-state index in [-0.39, 0.29) is 17.7 Å². The molecule has 2 atom stereocenters. The molecule has 3 heterocycles. The van der Waals surface area contributed by atoms with Crippen molar-refractivity contribution in [1.82, 2.24) is 15.0 Å². The molecule has 126 valence electrons. The zero-order valence-electron chi connectivity index (χ0n) is 13.8. The number of aryl methyl sites for hydroxylation is 1. The van der Waals surface area contributed by atoms with Gasteiger partial charge in [-0.05, 0) is 30.9 Å². The molecule has 1 saturated heterocycles. The highest BCUT2D eigenvalue weighted by Crippen LogP contribution is 2.30. The van der Waals surface area contributed by atoms with Gasteiger partial charge in [-0.15, -0.1) is 0 Å². The molecule has 0 aliphatic carbocycles. The Morgan fingerprint density at radius 1 is 1.33 bits per heavy atom. The second-order valence-corrected chi connectivity index (χ2v) is 6.61. The highest BCUT2D eigenvalue weighted by atomic mass is 16.5. The second kappa shape index (κ2) is 6.26. The number of piperidine rings is 1.